The maximum atomic E-state index is 13.4. The van der Waals surface area contributed by atoms with Gasteiger partial charge in [-0.15, -0.1) is 0 Å². The zero-order chi connectivity index (χ0) is 27.4. The Kier molecular flexibility index (Phi) is 12.2. The van der Waals surface area contributed by atoms with Gasteiger partial charge in [0.05, 0.1) is 18.6 Å². The van der Waals surface area contributed by atoms with Crippen molar-refractivity contribution in [2.75, 3.05) is 30.3 Å². The van der Waals surface area contributed by atoms with E-state index >= 15 is 0 Å². The summed E-state index contributed by atoms with van der Waals surface area (Å²) in [5.41, 5.74) is 1.24. The minimum atomic E-state index is -3.57. The number of sulfonamides is 1. The molecule has 204 valence electrons. The smallest absolute Gasteiger partial charge is 0.242 e. The van der Waals surface area contributed by atoms with Crippen LogP contribution < -0.4 is 14.4 Å². The van der Waals surface area contributed by atoms with Crippen molar-refractivity contribution >= 4 is 39.1 Å². The van der Waals surface area contributed by atoms with Gasteiger partial charge in [-0.05, 0) is 62.1 Å². The van der Waals surface area contributed by atoms with E-state index < -0.39 is 16.1 Å². The minimum absolute atomic E-state index is 0.0745. The van der Waals surface area contributed by atoms with Crippen LogP contribution in [0.2, 0.25) is 5.02 Å². The van der Waals surface area contributed by atoms with E-state index in [0.29, 0.717) is 36.0 Å². The number of rotatable bonds is 15. The van der Waals surface area contributed by atoms with Crippen LogP contribution in [0.1, 0.15) is 52.0 Å². The van der Waals surface area contributed by atoms with Crippen molar-refractivity contribution in [3.63, 3.8) is 0 Å². The number of amides is 2. The summed E-state index contributed by atoms with van der Waals surface area (Å²) < 4.78 is 31.7. The fourth-order valence-corrected chi connectivity index (χ4v) is 5.14. The highest BCUT2D eigenvalue weighted by molar-refractivity contribution is 7.92. The van der Waals surface area contributed by atoms with Crippen LogP contribution in [0.5, 0.6) is 5.75 Å². The van der Waals surface area contributed by atoms with Crippen molar-refractivity contribution in [1.82, 2.24) is 10.2 Å². The third kappa shape index (κ3) is 9.23. The molecular formula is C27H38ClN3O5S. The highest BCUT2D eigenvalue weighted by Crippen LogP contribution is 2.24. The zero-order valence-electron chi connectivity index (χ0n) is 22.1. The van der Waals surface area contributed by atoms with Crippen LogP contribution in [-0.2, 0) is 26.2 Å². The van der Waals surface area contributed by atoms with Gasteiger partial charge in [0.25, 0.3) is 0 Å². The molecule has 0 saturated heterocycles. The fraction of sp³-hybridized carbons (Fsp3) is 0.481. The SMILES string of the molecule is CCCNC(=O)[C@@H](CC)N(Cc1ccccc1Cl)C(=O)CCCN(c1ccc(OCC)cc1)S(C)(=O)=O. The Bertz CT molecular complexity index is 1130. The van der Waals surface area contributed by atoms with E-state index in [-0.39, 0.29) is 37.7 Å². The summed E-state index contributed by atoms with van der Waals surface area (Å²) in [4.78, 5) is 27.9. The van der Waals surface area contributed by atoms with Crippen LogP contribution in [0.25, 0.3) is 0 Å². The third-order valence-corrected chi connectivity index (χ3v) is 7.38. The number of halogens is 1. The average Bonchev–Trinajstić information content (AvgIpc) is 2.86. The molecule has 0 aliphatic rings. The lowest BCUT2D eigenvalue weighted by atomic mass is 10.1. The lowest BCUT2D eigenvalue weighted by Gasteiger charge is -2.31. The molecule has 0 fully saturated rings. The van der Waals surface area contributed by atoms with Crippen LogP contribution in [0.3, 0.4) is 0 Å². The molecule has 0 aliphatic heterocycles. The van der Waals surface area contributed by atoms with Crippen LogP contribution >= 0.6 is 11.6 Å². The van der Waals surface area contributed by atoms with Gasteiger partial charge in [-0.3, -0.25) is 13.9 Å². The molecule has 1 N–H and O–H groups in total. The predicted octanol–water partition coefficient (Wildman–Crippen LogP) is 4.62. The maximum absolute atomic E-state index is 13.4. The van der Waals surface area contributed by atoms with Gasteiger partial charge in [0, 0.05) is 31.1 Å². The van der Waals surface area contributed by atoms with Crippen molar-refractivity contribution in [3.05, 3.63) is 59.1 Å². The first-order valence-corrected chi connectivity index (χ1v) is 14.9. The van der Waals surface area contributed by atoms with E-state index in [1.165, 1.54) is 4.31 Å². The Morgan fingerprint density at radius 3 is 2.30 bits per heavy atom. The lowest BCUT2D eigenvalue weighted by molar-refractivity contribution is -0.141. The van der Waals surface area contributed by atoms with E-state index in [1.807, 2.05) is 39.0 Å². The quantitative estimate of drug-likeness (QED) is 0.348. The number of benzene rings is 2. The molecule has 37 heavy (non-hydrogen) atoms. The molecule has 2 amide bonds. The molecule has 0 aliphatic carbocycles. The summed E-state index contributed by atoms with van der Waals surface area (Å²) in [5, 5.41) is 3.40. The maximum Gasteiger partial charge on any atom is 0.242 e. The van der Waals surface area contributed by atoms with E-state index in [2.05, 4.69) is 5.32 Å². The van der Waals surface area contributed by atoms with Gasteiger partial charge < -0.3 is 15.0 Å². The molecule has 0 heterocycles. The van der Waals surface area contributed by atoms with E-state index in [9.17, 15) is 18.0 Å². The summed E-state index contributed by atoms with van der Waals surface area (Å²) >= 11 is 6.36. The normalized spacial score (nSPS) is 12.0. The molecule has 10 heteroatoms. The summed E-state index contributed by atoms with van der Waals surface area (Å²) in [6, 6.07) is 13.4. The summed E-state index contributed by atoms with van der Waals surface area (Å²) in [6.07, 6.45) is 2.72. The lowest BCUT2D eigenvalue weighted by Crippen LogP contribution is -2.49. The number of nitrogens with one attached hydrogen (secondary N) is 1. The number of anilines is 1. The number of carbonyl (C=O) groups excluding carboxylic acids is 2. The van der Waals surface area contributed by atoms with Crippen molar-refractivity contribution < 1.29 is 22.7 Å². The van der Waals surface area contributed by atoms with E-state index in [0.717, 1.165) is 18.2 Å². The molecule has 2 aromatic rings. The van der Waals surface area contributed by atoms with Gasteiger partial charge in [-0.1, -0.05) is 43.6 Å². The molecule has 0 bridgehead atoms. The van der Waals surface area contributed by atoms with Crippen LogP contribution in [-0.4, -0.2) is 57.1 Å². The molecule has 0 aromatic heterocycles. The largest absolute Gasteiger partial charge is 0.494 e. The van der Waals surface area contributed by atoms with E-state index in [4.69, 9.17) is 16.3 Å². The Hall–Kier alpha value is -2.78. The average molecular weight is 552 g/mol. The van der Waals surface area contributed by atoms with Gasteiger partial charge in [-0.2, -0.15) is 0 Å². The highest BCUT2D eigenvalue weighted by atomic mass is 35.5. The van der Waals surface area contributed by atoms with Gasteiger partial charge in [0.2, 0.25) is 21.8 Å². The second-order valence-electron chi connectivity index (χ2n) is 8.69. The molecule has 0 radical (unpaired) electrons. The molecule has 2 rings (SSSR count). The van der Waals surface area contributed by atoms with Crippen LogP contribution in [0, 0.1) is 0 Å². The Morgan fingerprint density at radius 2 is 1.73 bits per heavy atom. The number of hydrogen-bond donors (Lipinski definition) is 1. The Morgan fingerprint density at radius 1 is 1.05 bits per heavy atom. The standard InChI is InChI=1S/C27H38ClN3O5S/c1-5-18-29-27(33)25(6-2)30(20-21-11-8-9-12-24(21)28)26(32)13-10-19-31(37(4,34)35)22-14-16-23(17-15-22)36-7-3/h8-9,11-12,14-17,25H,5-7,10,13,18-20H2,1-4H3,(H,29,33)/t25-/m1/s1. The predicted molar refractivity (Wildman–Crippen MR) is 148 cm³/mol. The number of ether oxygens (including phenoxy) is 1. The summed E-state index contributed by atoms with van der Waals surface area (Å²) in [6.45, 7) is 7.04. The van der Waals surface area contributed by atoms with Crippen molar-refractivity contribution in [1.29, 1.82) is 0 Å². The Balaban J connectivity index is 2.20. The topological polar surface area (TPSA) is 96.0 Å². The van der Waals surface area contributed by atoms with Gasteiger partial charge in [0.15, 0.2) is 0 Å². The summed E-state index contributed by atoms with van der Waals surface area (Å²) in [7, 11) is -3.57. The second kappa shape index (κ2) is 14.8. The number of carbonyl (C=O) groups is 2. The van der Waals surface area contributed by atoms with Gasteiger partial charge in [-0.25, -0.2) is 8.42 Å². The third-order valence-electron chi connectivity index (χ3n) is 5.82. The fourth-order valence-electron chi connectivity index (χ4n) is 3.97. The van der Waals surface area contributed by atoms with Crippen LogP contribution in [0.4, 0.5) is 5.69 Å². The molecule has 2 aromatic carbocycles. The summed E-state index contributed by atoms with van der Waals surface area (Å²) in [5.74, 6) is 0.201. The monoisotopic (exact) mass is 551 g/mol. The van der Waals surface area contributed by atoms with Crippen molar-refractivity contribution in [3.8, 4) is 5.75 Å². The van der Waals surface area contributed by atoms with E-state index in [1.54, 1.807) is 35.2 Å². The first-order valence-electron chi connectivity index (χ1n) is 12.6. The first kappa shape index (κ1) is 30.4. The van der Waals surface area contributed by atoms with Crippen molar-refractivity contribution in [2.45, 2.75) is 59.0 Å². The molecular weight excluding hydrogens is 514 g/mol. The number of nitrogens with zero attached hydrogens (tertiary/aromatic N) is 2. The Labute approximate surface area is 226 Å². The second-order valence-corrected chi connectivity index (χ2v) is 11.0. The molecule has 0 saturated carbocycles. The van der Waals surface area contributed by atoms with Crippen molar-refractivity contribution in [2.24, 2.45) is 0 Å². The van der Waals surface area contributed by atoms with Gasteiger partial charge >= 0.3 is 0 Å². The zero-order valence-corrected chi connectivity index (χ0v) is 23.6. The minimum Gasteiger partial charge on any atom is -0.494 e. The van der Waals surface area contributed by atoms with Gasteiger partial charge in [0.1, 0.15) is 11.8 Å². The first-order chi connectivity index (χ1) is 17.6. The molecule has 1 atom stereocenters. The number of hydrogen-bond acceptors (Lipinski definition) is 5. The molecule has 8 nitrogen and oxygen atoms in total. The highest BCUT2D eigenvalue weighted by Gasteiger charge is 2.29. The molecule has 0 unspecified atom stereocenters. The van der Waals surface area contributed by atoms with Crippen LogP contribution in [0.15, 0.2) is 48.5 Å². The molecule has 0 spiro atoms.